The quantitative estimate of drug-likeness (QED) is 0.260. The van der Waals surface area contributed by atoms with E-state index in [1.54, 1.807) is 0 Å². The van der Waals surface area contributed by atoms with Crippen LogP contribution in [-0.4, -0.2) is 58.7 Å². The van der Waals surface area contributed by atoms with Gasteiger partial charge in [0.15, 0.2) is 5.78 Å². The Labute approximate surface area is 136 Å². The van der Waals surface area contributed by atoms with Crippen LogP contribution < -0.4 is 16.8 Å². The van der Waals surface area contributed by atoms with Crippen LogP contribution in [-0.2, 0) is 19.2 Å². The molecule has 0 saturated carbocycles. The van der Waals surface area contributed by atoms with E-state index in [1.165, 1.54) is 28.5 Å². The van der Waals surface area contributed by atoms with Crippen molar-refractivity contribution >= 4 is 45.0 Å². The van der Waals surface area contributed by atoms with E-state index in [2.05, 4.69) is 5.32 Å². The highest BCUT2D eigenvalue weighted by molar-refractivity contribution is 8.76. The Morgan fingerprint density at radius 2 is 1.59 bits per heavy atom. The van der Waals surface area contributed by atoms with Crippen LogP contribution in [0.2, 0.25) is 0 Å². The zero-order valence-corrected chi connectivity index (χ0v) is 13.9. The normalized spacial score (nSPS) is 13.2. The van der Waals surface area contributed by atoms with Crippen LogP contribution in [0, 0.1) is 0 Å². The van der Waals surface area contributed by atoms with Gasteiger partial charge in [0.25, 0.3) is 0 Å². The van der Waals surface area contributed by atoms with Gasteiger partial charge in [-0.05, 0) is 6.92 Å². The van der Waals surface area contributed by atoms with Crippen LogP contribution in [0.15, 0.2) is 0 Å². The zero-order valence-electron chi connectivity index (χ0n) is 12.2. The van der Waals surface area contributed by atoms with Gasteiger partial charge in [-0.25, -0.2) is 0 Å². The van der Waals surface area contributed by atoms with Crippen LogP contribution >= 0.6 is 21.6 Å². The van der Waals surface area contributed by atoms with E-state index in [0.717, 1.165) is 0 Å². The summed E-state index contributed by atoms with van der Waals surface area (Å²) in [7, 11) is 2.58. The lowest BCUT2D eigenvalue weighted by Gasteiger charge is -2.12. The third-order valence-corrected chi connectivity index (χ3v) is 4.94. The third-order valence-electron chi connectivity index (χ3n) is 2.47. The Morgan fingerprint density at radius 3 is 2.09 bits per heavy atom. The zero-order chi connectivity index (χ0) is 17.1. The van der Waals surface area contributed by atoms with Gasteiger partial charge in [-0.1, -0.05) is 21.6 Å². The molecule has 0 aromatic heterocycles. The highest BCUT2D eigenvalue weighted by Crippen LogP contribution is 2.22. The van der Waals surface area contributed by atoms with Gasteiger partial charge < -0.3 is 26.7 Å². The molecule has 8 nitrogen and oxygen atoms in total. The lowest BCUT2D eigenvalue weighted by Crippen LogP contribution is -2.44. The van der Waals surface area contributed by atoms with Gasteiger partial charge >= 0.3 is 5.97 Å². The van der Waals surface area contributed by atoms with Crippen molar-refractivity contribution in [1.82, 2.24) is 5.32 Å². The first-order valence-electron chi connectivity index (χ1n) is 6.51. The number of Topliss-reactive ketones (excluding diaryl/α,β-unsaturated/α-hetero) is 2. The van der Waals surface area contributed by atoms with Crippen LogP contribution in [0.1, 0.15) is 19.8 Å². The predicted octanol–water partition coefficient (Wildman–Crippen LogP) is -0.838. The average Bonchev–Trinajstić information content (AvgIpc) is 2.45. The largest absolute Gasteiger partial charge is 0.480 e. The fourth-order valence-electron chi connectivity index (χ4n) is 1.19. The van der Waals surface area contributed by atoms with Gasteiger partial charge in [-0.2, -0.15) is 0 Å². The second-order valence-corrected chi connectivity index (χ2v) is 7.11. The number of aliphatic carboxylic acids is 1. The molecule has 0 fully saturated rings. The molecule has 0 aliphatic heterocycles. The molecular formula is C12H21N3O5S2. The van der Waals surface area contributed by atoms with Crippen LogP contribution in [0.25, 0.3) is 0 Å². The fourth-order valence-corrected chi connectivity index (χ4v) is 3.47. The van der Waals surface area contributed by atoms with E-state index in [4.69, 9.17) is 16.6 Å². The van der Waals surface area contributed by atoms with Crippen molar-refractivity contribution in [2.75, 3.05) is 18.1 Å². The number of carbonyl (C=O) groups is 4. The number of carbonyl (C=O) groups excluding carboxylic acids is 3. The van der Waals surface area contributed by atoms with Gasteiger partial charge in [-0.3, -0.25) is 14.4 Å². The first-order chi connectivity index (χ1) is 10.2. The van der Waals surface area contributed by atoms with E-state index in [-0.39, 0.29) is 30.2 Å². The summed E-state index contributed by atoms with van der Waals surface area (Å²) in [6.07, 6.45) is 0.331. The number of hydrogen-bond donors (Lipinski definition) is 4. The molecule has 10 heteroatoms. The minimum atomic E-state index is -1.14. The minimum Gasteiger partial charge on any atom is -0.480 e. The molecule has 0 aliphatic carbocycles. The summed E-state index contributed by atoms with van der Waals surface area (Å²) >= 11 is 0. The Kier molecular flexibility index (Phi) is 10.9. The van der Waals surface area contributed by atoms with Crippen molar-refractivity contribution in [1.29, 1.82) is 0 Å². The highest BCUT2D eigenvalue weighted by Gasteiger charge is 2.17. The molecule has 0 radical (unpaired) electrons. The summed E-state index contributed by atoms with van der Waals surface area (Å²) in [6, 6.07) is -1.49. The summed E-state index contributed by atoms with van der Waals surface area (Å²) in [5, 5.41) is 10.6. The molecule has 126 valence electrons. The topological polar surface area (TPSA) is 153 Å². The minimum absolute atomic E-state index is 0.0547. The average molecular weight is 351 g/mol. The molecule has 2 unspecified atom stereocenters. The Balaban J connectivity index is 3.82. The molecule has 0 heterocycles. The Bertz CT molecular complexity index is 382. The number of amides is 1. The van der Waals surface area contributed by atoms with E-state index in [1.807, 2.05) is 0 Å². The lowest BCUT2D eigenvalue weighted by molar-refractivity contribution is -0.138. The van der Waals surface area contributed by atoms with Crippen molar-refractivity contribution in [3.8, 4) is 0 Å². The maximum atomic E-state index is 11.6. The summed E-state index contributed by atoms with van der Waals surface area (Å²) < 4.78 is 0. The fraction of sp³-hybridized carbons (Fsp3) is 0.667. The first kappa shape index (κ1) is 20.9. The molecule has 0 aromatic rings. The predicted molar refractivity (Wildman–Crippen MR) is 86.4 cm³/mol. The van der Waals surface area contributed by atoms with Crippen molar-refractivity contribution in [3.05, 3.63) is 0 Å². The molecule has 0 spiro atoms. The maximum Gasteiger partial charge on any atom is 0.322 e. The lowest BCUT2D eigenvalue weighted by atomic mass is 10.1. The number of hydrogen-bond acceptors (Lipinski definition) is 8. The molecule has 0 bridgehead atoms. The van der Waals surface area contributed by atoms with Gasteiger partial charge in [0.05, 0.1) is 12.1 Å². The van der Waals surface area contributed by atoms with E-state index in [9.17, 15) is 19.2 Å². The summed E-state index contributed by atoms with van der Waals surface area (Å²) in [6.45, 7) is 0.945. The second kappa shape index (κ2) is 11.5. The summed E-state index contributed by atoms with van der Waals surface area (Å²) in [4.78, 5) is 44.1. The van der Waals surface area contributed by atoms with Crippen molar-refractivity contribution in [2.24, 2.45) is 11.5 Å². The number of nitrogens with one attached hydrogen (secondary N) is 1. The molecule has 0 aromatic carbocycles. The van der Waals surface area contributed by atoms with Gasteiger partial charge in [0.2, 0.25) is 5.91 Å². The van der Waals surface area contributed by atoms with Crippen LogP contribution in [0.3, 0.4) is 0 Å². The standard InChI is InChI=1S/C12H21N3O5S2/c1-7(16)2-3-10(17)8(13)5-21-22-6-9(14)12(20)15-4-11(18)19/h8-9H,2-6,13-14H2,1H3,(H,15,20)(H,18,19). The number of rotatable bonds is 12. The molecule has 0 aliphatic rings. The molecule has 2 atom stereocenters. The Morgan fingerprint density at radius 1 is 1.05 bits per heavy atom. The van der Waals surface area contributed by atoms with Crippen LogP contribution in [0.4, 0.5) is 0 Å². The van der Waals surface area contributed by atoms with Crippen LogP contribution in [0.5, 0.6) is 0 Å². The van der Waals surface area contributed by atoms with E-state index >= 15 is 0 Å². The van der Waals surface area contributed by atoms with Gasteiger partial charge in [0.1, 0.15) is 12.3 Å². The van der Waals surface area contributed by atoms with Crippen molar-refractivity contribution < 1.29 is 24.3 Å². The second-order valence-electron chi connectivity index (χ2n) is 4.56. The first-order valence-corrected chi connectivity index (χ1v) is 9.00. The van der Waals surface area contributed by atoms with Crippen molar-refractivity contribution in [3.63, 3.8) is 0 Å². The van der Waals surface area contributed by atoms with E-state index in [0.29, 0.717) is 5.75 Å². The number of ketones is 2. The summed E-state index contributed by atoms with van der Waals surface area (Å²) in [5.41, 5.74) is 11.3. The summed E-state index contributed by atoms with van der Waals surface area (Å²) in [5.74, 6) is -1.29. The van der Waals surface area contributed by atoms with E-state index < -0.39 is 30.5 Å². The van der Waals surface area contributed by atoms with Crippen molar-refractivity contribution in [2.45, 2.75) is 31.8 Å². The monoisotopic (exact) mass is 351 g/mol. The molecule has 0 saturated heterocycles. The molecule has 22 heavy (non-hydrogen) atoms. The molecular weight excluding hydrogens is 330 g/mol. The SMILES string of the molecule is CC(=O)CCC(=O)C(N)CSSCC(N)C(=O)NCC(=O)O. The number of carboxylic acid groups (broad SMARTS) is 1. The Hall–Kier alpha value is -1.10. The highest BCUT2D eigenvalue weighted by atomic mass is 33.1. The third kappa shape index (κ3) is 10.6. The number of nitrogens with two attached hydrogens (primary N) is 2. The van der Waals surface area contributed by atoms with Gasteiger partial charge in [0, 0.05) is 24.3 Å². The molecule has 0 rings (SSSR count). The molecule has 6 N–H and O–H groups in total. The van der Waals surface area contributed by atoms with Gasteiger partial charge in [-0.15, -0.1) is 0 Å². The smallest absolute Gasteiger partial charge is 0.322 e. The maximum absolute atomic E-state index is 11.6. The number of carboxylic acids is 1. The molecule has 1 amide bonds.